The summed E-state index contributed by atoms with van der Waals surface area (Å²) >= 11 is 0. The van der Waals surface area contributed by atoms with Crippen molar-refractivity contribution in [1.29, 1.82) is 0 Å². The van der Waals surface area contributed by atoms with E-state index in [1.54, 1.807) is 6.42 Å². The van der Waals surface area contributed by atoms with Crippen LogP contribution in [0.15, 0.2) is 12.1 Å². The van der Waals surface area contributed by atoms with Gasteiger partial charge in [-0.05, 0) is 56.6 Å². The van der Waals surface area contributed by atoms with Gasteiger partial charge in [0.15, 0.2) is 5.75 Å². The molecule has 3 rings (SSSR count). The summed E-state index contributed by atoms with van der Waals surface area (Å²) in [5.74, 6) is -1.31. The van der Waals surface area contributed by atoms with Gasteiger partial charge in [-0.25, -0.2) is 4.79 Å². The van der Waals surface area contributed by atoms with Crippen molar-refractivity contribution in [3.63, 3.8) is 0 Å². The van der Waals surface area contributed by atoms with Crippen LogP contribution in [0.2, 0.25) is 0 Å². The number of amides is 1. The van der Waals surface area contributed by atoms with E-state index in [1.165, 1.54) is 0 Å². The molecule has 0 bridgehead atoms. The molecule has 1 atom stereocenters. The minimum Gasteiger partial charge on any atom is -0.506 e. The molecular weight excluding hydrogens is 350 g/mol. The Labute approximate surface area is 157 Å². The third-order valence-electron chi connectivity index (χ3n) is 5.20. The molecule has 4 N–H and O–H groups in total. The molecule has 7 nitrogen and oxygen atoms in total. The van der Waals surface area contributed by atoms with Crippen molar-refractivity contribution < 1.29 is 29.7 Å². The van der Waals surface area contributed by atoms with Crippen LogP contribution >= 0.6 is 0 Å². The molecule has 2 aliphatic rings. The number of aromatic hydroxyl groups is 2. The van der Waals surface area contributed by atoms with Crippen LogP contribution in [0, 0.1) is 36.5 Å². The van der Waals surface area contributed by atoms with Gasteiger partial charge >= 0.3 is 5.97 Å². The van der Waals surface area contributed by atoms with E-state index in [2.05, 4.69) is 5.32 Å². The summed E-state index contributed by atoms with van der Waals surface area (Å²) in [6.07, 6.45) is 7.29. The number of nitrogens with one attached hydrogen (secondary N) is 1. The lowest BCUT2D eigenvalue weighted by Gasteiger charge is -2.37. The van der Waals surface area contributed by atoms with Gasteiger partial charge in [-0.3, -0.25) is 9.59 Å². The van der Waals surface area contributed by atoms with Crippen LogP contribution < -0.4 is 5.32 Å². The molecule has 0 aliphatic heterocycles. The van der Waals surface area contributed by atoms with Crippen molar-refractivity contribution in [1.82, 2.24) is 0 Å². The highest BCUT2D eigenvalue weighted by atomic mass is 16.4. The number of fused-ring (bicyclic) bond motifs is 1. The van der Waals surface area contributed by atoms with Crippen molar-refractivity contribution in [2.45, 2.75) is 32.6 Å². The van der Waals surface area contributed by atoms with E-state index in [0.29, 0.717) is 18.8 Å². The lowest BCUT2D eigenvalue weighted by molar-refractivity contribution is -0.128. The smallest absolute Gasteiger partial charge is 0.339 e. The quantitative estimate of drug-likeness (QED) is 0.591. The Morgan fingerprint density at radius 3 is 2.67 bits per heavy atom. The van der Waals surface area contributed by atoms with E-state index in [1.807, 2.05) is 19.8 Å². The minimum absolute atomic E-state index is 0.00550. The molecule has 0 spiro atoms. The summed E-state index contributed by atoms with van der Waals surface area (Å²) in [7, 11) is 0. The Hall–Kier alpha value is -2.57. The van der Waals surface area contributed by atoms with Gasteiger partial charge in [0.1, 0.15) is 22.8 Å². The molecule has 27 heavy (non-hydrogen) atoms. The number of hydrogen-bond donors (Lipinski definition) is 4. The molecule has 7 heteroatoms. The largest absolute Gasteiger partial charge is 0.506 e. The first-order valence-electron chi connectivity index (χ1n) is 8.60. The number of Topliss-reactive ketones (excluding diaryl/α,β-unsaturated/α-hetero) is 1. The van der Waals surface area contributed by atoms with Crippen LogP contribution in [0.4, 0.5) is 5.69 Å². The molecule has 2 fully saturated rings. The molecule has 5 radical (unpaired) electrons. The number of benzene rings is 1. The highest BCUT2D eigenvalue weighted by Crippen LogP contribution is 2.50. The Morgan fingerprint density at radius 2 is 1.96 bits per heavy atom. The molecule has 0 saturated heterocycles. The lowest BCUT2D eigenvalue weighted by Crippen LogP contribution is -2.39. The number of rotatable bonds is 5. The van der Waals surface area contributed by atoms with Crippen LogP contribution in [-0.4, -0.2) is 33.0 Å². The van der Waals surface area contributed by atoms with Crippen molar-refractivity contribution >= 4 is 23.3 Å². The van der Waals surface area contributed by atoms with Crippen molar-refractivity contribution in [3.05, 3.63) is 48.8 Å². The highest BCUT2D eigenvalue weighted by Gasteiger charge is 2.48. The van der Waals surface area contributed by atoms with Crippen molar-refractivity contribution in [2.24, 2.45) is 5.41 Å². The number of carboxylic acids is 1. The first-order valence-corrected chi connectivity index (χ1v) is 8.60. The molecule has 1 aromatic carbocycles. The predicted octanol–water partition coefficient (Wildman–Crippen LogP) is 2.66. The molecule has 0 unspecified atom stereocenters. The first-order chi connectivity index (χ1) is 12.7. The molecular formula is C20H20NO6. The molecule has 0 aromatic heterocycles. The van der Waals surface area contributed by atoms with Gasteiger partial charge in [-0.1, -0.05) is 6.92 Å². The summed E-state index contributed by atoms with van der Waals surface area (Å²) < 4.78 is 0. The fourth-order valence-electron chi connectivity index (χ4n) is 3.45. The number of carboxylic acid groups (broad SMARTS) is 1. The summed E-state index contributed by atoms with van der Waals surface area (Å²) in [5.41, 5.74) is -1.44. The van der Waals surface area contributed by atoms with Crippen molar-refractivity contribution in [3.8, 4) is 11.5 Å². The van der Waals surface area contributed by atoms with Gasteiger partial charge in [-0.15, -0.1) is 0 Å². The zero-order chi connectivity index (χ0) is 19.8. The number of phenols is 2. The average Bonchev–Trinajstić information content (AvgIpc) is 3.09. The van der Waals surface area contributed by atoms with Gasteiger partial charge in [0.25, 0.3) is 0 Å². The molecule has 141 valence electrons. The van der Waals surface area contributed by atoms with Crippen LogP contribution in [0.3, 0.4) is 0 Å². The normalized spacial score (nSPS) is 23.2. The fourth-order valence-corrected chi connectivity index (χ4v) is 3.45. The van der Waals surface area contributed by atoms with E-state index in [9.17, 15) is 24.6 Å². The summed E-state index contributed by atoms with van der Waals surface area (Å²) in [6.45, 7) is 1.83. The highest BCUT2D eigenvalue weighted by molar-refractivity contribution is 6.04. The van der Waals surface area contributed by atoms with Gasteiger partial charge < -0.3 is 20.6 Å². The predicted molar refractivity (Wildman–Crippen MR) is 96.3 cm³/mol. The first kappa shape index (κ1) is 19.2. The fraction of sp³-hybridized carbons (Fsp3) is 0.300. The maximum absolute atomic E-state index is 12.7. The number of anilines is 1. The van der Waals surface area contributed by atoms with Crippen molar-refractivity contribution in [2.75, 3.05) is 5.32 Å². The summed E-state index contributed by atoms with van der Waals surface area (Å²) in [4.78, 5) is 36.1. The Kier molecular flexibility index (Phi) is 5.13. The minimum atomic E-state index is -1.38. The SMILES string of the molecule is C[C@@]1(CCC(=O)Nc2c(O)ccc(C(=O)O)c2O)CC[C]2[CH][CH][CH][C]2C1=O. The molecule has 2 aliphatic carbocycles. The zero-order valence-electron chi connectivity index (χ0n) is 14.8. The number of aromatic carboxylic acids is 1. The zero-order valence-corrected chi connectivity index (χ0v) is 14.8. The number of carbonyl (C=O) groups excluding carboxylic acids is 2. The third-order valence-corrected chi connectivity index (χ3v) is 5.20. The maximum Gasteiger partial charge on any atom is 0.339 e. The number of carbonyl (C=O) groups is 3. The van der Waals surface area contributed by atoms with E-state index >= 15 is 0 Å². The van der Waals surface area contributed by atoms with Gasteiger partial charge in [0.05, 0.1) is 5.92 Å². The van der Waals surface area contributed by atoms with Gasteiger partial charge in [0, 0.05) is 11.8 Å². The Balaban J connectivity index is 1.66. The maximum atomic E-state index is 12.7. The molecule has 0 heterocycles. The second kappa shape index (κ2) is 7.21. The van der Waals surface area contributed by atoms with E-state index in [4.69, 9.17) is 5.11 Å². The van der Waals surface area contributed by atoms with E-state index < -0.39 is 34.4 Å². The summed E-state index contributed by atoms with van der Waals surface area (Å²) in [5, 5.41) is 31.2. The van der Waals surface area contributed by atoms with Crippen LogP contribution in [-0.2, 0) is 9.59 Å². The number of phenolic OH excluding ortho intramolecular Hbond substituents is 1. The Bertz CT molecular complexity index is 789. The number of hydrogen-bond acceptors (Lipinski definition) is 5. The van der Waals surface area contributed by atoms with Gasteiger partial charge in [-0.2, -0.15) is 0 Å². The van der Waals surface area contributed by atoms with E-state index in [0.717, 1.165) is 24.5 Å². The lowest BCUT2D eigenvalue weighted by atomic mass is 9.64. The van der Waals surface area contributed by atoms with Crippen LogP contribution in [0.5, 0.6) is 11.5 Å². The second-order valence-electron chi connectivity index (χ2n) is 7.06. The molecule has 1 aromatic rings. The monoisotopic (exact) mass is 370 g/mol. The summed E-state index contributed by atoms with van der Waals surface area (Å²) in [6, 6.07) is 2.13. The van der Waals surface area contributed by atoms with E-state index in [-0.39, 0.29) is 17.9 Å². The topological polar surface area (TPSA) is 124 Å². The molecule has 1 amide bonds. The van der Waals surface area contributed by atoms with Crippen LogP contribution in [0.25, 0.3) is 0 Å². The van der Waals surface area contributed by atoms with Gasteiger partial charge in [0.2, 0.25) is 5.91 Å². The van der Waals surface area contributed by atoms with Crippen LogP contribution in [0.1, 0.15) is 43.0 Å². The number of ketones is 1. The molecule has 2 saturated carbocycles. The third kappa shape index (κ3) is 3.63. The average molecular weight is 370 g/mol. The second-order valence-corrected chi connectivity index (χ2v) is 7.06. The Morgan fingerprint density at radius 1 is 1.22 bits per heavy atom. The standard InChI is InChI=1S/C20H20NO6/c1-20(9-7-11-3-2-4-12(11)18(20)25)10-8-15(23)21-16-14(22)6-5-13(17(16)24)19(26)27/h2-6,22,24H,7-10H2,1H3,(H,21,23)(H,26,27)/t20-/m0/s1.